The van der Waals surface area contributed by atoms with Crippen molar-refractivity contribution in [2.24, 2.45) is 0 Å². The first kappa shape index (κ1) is 13.1. The zero-order chi connectivity index (χ0) is 14.3. The van der Waals surface area contributed by atoms with E-state index in [1.165, 1.54) is 0 Å². The molecule has 0 radical (unpaired) electrons. The molecule has 0 bridgehead atoms. The van der Waals surface area contributed by atoms with Crippen LogP contribution in [-0.2, 0) is 0 Å². The molecule has 1 N–H and O–H groups in total. The smallest absolute Gasteiger partial charge is 0.337 e. The lowest BCUT2D eigenvalue weighted by Gasteiger charge is -2.09. The molecule has 5 heteroatoms. The van der Waals surface area contributed by atoms with E-state index in [1.807, 2.05) is 41.8 Å². The number of fused-ring (bicyclic) bond motifs is 1. The third-order valence-electron chi connectivity index (χ3n) is 3.14. The summed E-state index contributed by atoms with van der Waals surface area (Å²) < 4.78 is 2.98. The van der Waals surface area contributed by atoms with Gasteiger partial charge in [0.15, 0.2) is 0 Å². The van der Waals surface area contributed by atoms with E-state index in [0.29, 0.717) is 11.0 Å². The van der Waals surface area contributed by atoms with Gasteiger partial charge in [-0.05, 0) is 59.8 Å². The lowest BCUT2D eigenvalue weighted by atomic mass is 10.2. The normalized spacial score (nSPS) is 10.9. The van der Waals surface area contributed by atoms with Crippen LogP contribution in [0.1, 0.15) is 16.2 Å². The summed E-state index contributed by atoms with van der Waals surface area (Å²) in [5.41, 5.74) is 2.52. The van der Waals surface area contributed by atoms with Gasteiger partial charge in [0, 0.05) is 9.26 Å². The Kier molecular flexibility index (Phi) is 3.21. The number of carbonyl (C=O) groups is 1. The first-order chi connectivity index (χ1) is 9.58. The average Bonchev–Trinajstić information content (AvgIpc) is 2.74. The minimum Gasteiger partial charge on any atom is -0.478 e. The van der Waals surface area contributed by atoms with E-state index in [-0.39, 0.29) is 5.56 Å². The van der Waals surface area contributed by atoms with Crippen LogP contribution in [0, 0.1) is 10.5 Å². The highest BCUT2D eigenvalue weighted by Crippen LogP contribution is 2.25. The number of hydrogen-bond donors (Lipinski definition) is 1. The minimum atomic E-state index is -0.942. The Labute approximate surface area is 129 Å². The largest absolute Gasteiger partial charge is 0.478 e. The van der Waals surface area contributed by atoms with Gasteiger partial charge >= 0.3 is 5.97 Å². The van der Waals surface area contributed by atoms with E-state index >= 15 is 0 Å². The summed E-state index contributed by atoms with van der Waals surface area (Å²) in [6.07, 6.45) is 0. The molecule has 3 rings (SSSR count). The average molecular weight is 378 g/mol. The summed E-state index contributed by atoms with van der Waals surface area (Å²) in [7, 11) is 0. The second kappa shape index (κ2) is 4.90. The molecule has 0 amide bonds. The fourth-order valence-electron chi connectivity index (χ4n) is 2.35. The van der Waals surface area contributed by atoms with Crippen LogP contribution in [0.5, 0.6) is 0 Å². The maximum atomic E-state index is 11.4. The number of carboxylic acids is 1. The van der Waals surface area contributed by atoms with Gasteiger partial charge < -0.3 is 5.11 Å². The Morgan fingerprint density at radius 1 is 1.25 bits per heavy atom. The lowest BCUT2D eigenvalue weighted by Crippen LogP contribution is -2.03. The van der Waals surface area contributed by atoms with E-state index in [4.69, 9.17) is 0 Å². The molecule has 0 atom stereocenters. The number of aromatic nitrogens is 2. The fourth-order valence-corrected chi connectivity index (χ4v) is 2.87. The summed E-state index contributed by atoms with van der Waals surface area (Å²) in [4.78, 5) is 15.9. The van der Waals surface area contributed by atoms with E-state index in [0.717, 1.165) is 15.1 Å². The van der Waals surface area contributed by atoms with Crippen molar-refractivity contribution in [3.63, 3.8) is 0 Å². The Morgan fingerprint density at radius 2 is 2.00 bits per heavy atom. The van der Waals surface area contributed by atoms with Crippen LogP contribution in [0.2, 0.25) is 0 Å². The highest BCUT2D eigenvalue weighted by Gasteiger charge is 2.16. The molecular weight excluding hydrogens is 367 g/mol. The second-order valence-corrected chi connectivity index (χ2v) is 5.70. The van der Waals surface area contributed by atoms with Gasteiger partial charge in [0.1, 0.15) is 5.82 Å². The monoisotopic (exact) mass is 378 g/mol. The highest BCUT2D eigenvalue weighted by atomic mass is 127. The predicted molar refractivity (Wildman–Crippen MR) is 85.5 cm³/mol. The topological polar surface area (TPSA) is 55.1 Å². The molecule has 3 aromatic rings. The predicted octanol–water partition coefficient (Wildman–Crippen LogP) is 3.64. The Balaban J connectivity index is 2.41. The molecule has 1 aromatic heterocycles. The number of aryl methyl sites for hydroxylation is 1. The van der Waals surface area contributed by atoms with Gasteiger partial charge in [-0.15, -0.1) is 0 Å². The summed E-state index contributed by atoms with van der Waals surface area (Å²) >= 11 is 2.24. The van der Waals surface area contributed by atoms with Crippen LogP contribution in [0.15, 0.2) is 42.5 Å². The van der Waals surface area contributed by atoms with Gasteiger partial charge in [-0.25, -0.2) is 9.78 Å². The third-order valence-corrected chi connectivity index (χ3v) is 3.81. The first-order valence-electron chi connectivity index (χ1n) is 6.05. The van der Waals surface area contributed by atoms with E-state index < -0.39 is 5.97 Å². The number of nitrogens with zero attached hydrogens (tertiary/aromatic N) is 2. The summed E-state index contributed by atoms with van der Waals surface area (Å²) in [5.74, 6) is -0.168. The summed E-state index contributed by atoms with van der Waals surface area (Å²) in [5, 5.41) is 9.38. The molecule has 1 heterocycles. The van der Waals surface area contributed by atoms with E-state index in [1.54, 1.807) is 12.1 Å². The van der Waals surface area contributed by atoms with Gasteiger partial charge in [-0.2, -0.15) is 0 Å². The molecule has 0 saturated carbocycles. The molecule has 0 aliphatic rings. The molecular formula is C15H11IN2O2. The maximum Gasteiger partial charge on any atom is 0.337 e. The van der Waals surface area contributed by atoms with Crippen LogP contribution in [0.4, 0.5) is 0 Å². The number of carboxylic acid groups (broad SMARTS) is 1. The highest BCUT2D eigenvalue weighted by molar-refractivity contribution is 14.1. The van der Waals surface area contributed by atoms with Crippen molar-refractivity contribution in [3.8, 4) is 5.69 Å². The zero-order valence-corrected chi connectivity index (χ0v) is 12.8. The molecule has 0 fully saturated rings. The van der Waals surface area contributed by atoms with Gasteiger partial charge in [-0.1, -0.05) is 12.1 Å². The minimum absolute atomic E-state index is 0.266. The molecule has 0 unspecified atom stereocenters. The van der Waals surface area contributed by atoms with E-state index in [2.05, 4.69) is 27.6 Å². The Bertz CT molecular complexity index is 824. The number of halogens is 1. The lowest BCUT2D eigenvalue weighted by molar-refractivity contribution is 0.0698. The van der Waals surface area contributed by atoms with Crippen molar-refractivity contribution in [1.82, 2.24) is 9.55 Å². The molecule has 100 valence electrons. The van der Waals surface area contributed by atoms with Gasteiger partial charge in [-0.3, -0.25) is 4.57 Å². The molecule has 0 aliphatic heterocycles. The number of hydrogen-bond acceptors (Lipinski definition) is 2. The van der Waals surface area contributed by atoms with Crippen molar-refractivity contribution in [3.05, 3.63) is 57.4 Å². The standard InChI is InChI=1S/C15H11IN2O2/c1-9-17-13-7-3-6-12(15(19)20)14(13)18(9)11-5-2-4-10(16)8-11/h2-8H,1H3,(H,19,20). The van der Waals surface area contributed by atoms with Gasteiger partial charge in [0.2, 0.25) is 0 Å². The summed E-state index contributed by atoms with van der Waals surface area (Å²) in [6.45, 7) is 1.88. The van der Waals surface area contributed by atoms with Crippen LogP contribution < -0.4 is 0 Å². The summed E-state index contributed by atoms with van der Waals surface area (Å²) in [6, 6.07) is 13.1. The maximum absolute atomic E-state index is 11.4. The number of imidazole rings is 1. The number of rotatable bonds is 2. The van der Waals surface area contributed by atoms with Crippen LogP contribution >= 0.6 is 22.6 Å². The molecule has 2 aromatic carbocycles. The second-order valence-electron chi connectivity index (χ2n) is 4.45. The molecule has 0 spiro atoms. The van der Waals surface area contributed by atoms with E-state index in [9.17, 15) is 9.90 Å². The number of aromatic carboxylic acids is 1. The van der Waals surface area contributed by atoms with Crippen molar-refractivity contribution in [2.75, 3.05) is 0 Å². The number of benzene rings is 2. The van der Waals surface area contributed by atoms with Crippen molar-refractivity contribution in [2.45, 2.75) is 6.92 Å². The van der Waals surface area contributed by atoms with Crippen LogP contribution in [-0.4, -0.2) is 20.6 Å². The van der Waals surface area contributed by atoms with Crippen molar-refractivity contribution in [1.29, 1.82) is 0 Å². The molecule has 0 aliphatic carbocycles. The van der Waals surface area contributed by atoms with Crippen molar-refractivity contribution < 1.29 is 9.90 Å². The SMILES string of the molecule is Cc1nc2cccc(C(=O)O)c2n1-c1cccc(I)c1. The van der Waals surface area contributed by atoms with Crippen molar-refractivity contribution >= 4 is 39.6 Å². The molecule has 4 nitrogen and oxygen atoms in total. The zero-order valence-electron chi connectivity index (χ0n) is 10.7. The van der Waals surface area contributed by atoms with Gasteiger partial charge in [0.05, 0.1) is 16.6 Å². The third kappa shape index (κ3) is 2.07. The first-order valence-corrected chi connectivity index (χ1v) is 7.13. The van der Waals surface area contributed by atoms with Crippen LogP contribution in [0.3, 0.4) is 0 Å². The van der Waals surface area contributed by atoms with Crippen LogP contribution in [0.25, 0.3) is 16.7 Å². The fraction of sp³-hybridized carbons (Fsp3) is 0.0667. The Hall–Kier alpha value is -1.89. The quantitative estimate of drug-likeness (QED) is 0.693. The number of para-hydroxylation sites is 1. The molecule has 0 saturated heterocycles. The Morgan fingerprint density at radius 3 is 2.70 bits per heavy atom. The molecule has 20 heavy (non-hydrogen) atoms. The van der Waals surface area contributed by atoms with Gasteiger partial charge in [0.25, 0.3) is 0 Å².